The number of carboxylic acid groups (broad SMARTS) is 1. The maximum Gasteiger partial charge on any atom is 0.342 e. The molecule has 2 heterocycles. The molecule has 2 aromatic rings. The van der Waals surface area contributed by atoms with Gasteiger partial charge in [-0.3, -0.25) is 10.1 Å². The topological polar surface area (TPSA) is 123 Å². The molecule has 142 valence electrons. The van der Waals surface area contributed by atoms with Gasteiger partial charge in [0.25, 0.3) is 10.9 Å². The van der Waals surface area contributed by atoms with E-state index in [0.717, 1.165) is 43.4 Å². The van der Waals surface area contributed by atoms with Gasteiger partial charge in [-0.2, -0.15) is 0 Å². The number of nitro benzene ring substituents is 1. The van der Waals surface area contributed by atoms with Crippen LogP contribution in [0.2, 0.25) is 0 Å². The number of rotatable bonds is 7. The van der Waals surface area contributed by atoms with Gasteiger partial charge < -0.3 is 14.4 Å². The van der Waals surface area contributed by atoms with Gasteiger partial charge in [-0.25, -0.2) is 4.79 Å². The molecular weight excluding hydrogens is 372 g/mol. The standard InChI is InChI=1S/C17H18N4O5S/c1-2-15-18-19-17(26-15)27-14(16(22)23)10-11-9-12(21(24)25)5-6-13(11)20-7-3-4-8-20/h5-6,9-10H,2-4,7-8H2,1H3,(H,22,23)/b14-10+. The van der Waals surface area contributed by atoms with Crippen LogP contribution < -0.4 is 4.90 Å². The summed E-state index contributed by atoms with van der Waals surface area (Å²) in [5.74, 6) is -0.759. The van der Waals surface area contributed by atoms with Gasteiger partial charge in [0, 0.05) is 42.9 Å². The van der Waals surface area contributed by atoms with Gasteiger partial charge in [-0.1, -0.05) is 6.92 Å². The van der Waals surface area contributed by atoms with E-state index >= 15 is 0 Å². The number of thioether (sulfide) groups is 1. The number of non-ortho nitro benzene ring substituents is 1. The number of nitrogens with zero attached hydrogens (tertiary/aromatic N) is 4. The van der Waals surface area contributed by atoms with Crippen LogP contribution in [0.25, 0.3) is 6.08 Å². The second kappa shape index (κ2) is 8.21. The first kappa shape index (κ1) is 18.9. The van der Waals surface area contributed by atoms with Crippen molar-refractivity contribution >= 4 is 35.2 Å². The monoisotopic (exact) mass is 390 g/mol. The molecule has 0 saturated carbocycles. The van der Waals surface area contributed by atoms with Crippen LogP contribution in [-0.2, 0) is 11.2 Å². The number of hydrogen-bond donors (Lipinski definition) is 1. The Balaban J connectivity index is 2.00. The Labute approximate surface area is 159 Å². The van der Waals surface area contributed by atoms with Crippen LogP contribution in [0, 0.1) is 10.1 Å². The van der Waals surface area contributed by atoms with Crippen molar-refractivity contribution in [2.24, 2.45) is 0 Å². The molecule has 3 rings (SSSR count). The second-order valence-corrected chi connectivity index (χ2v) is 6.92. The lowest BCUT2D eigenvalue weighted by Crippen LogP contribution is -2.18. The summed E-state index contributed by atoms with van der Waals surface area (Å²) in [4.78, 5) is 24.4. The molecule has 1 aliphatic rings. The molecule has 1 aromatic heterocycles. The minimum absolute atomic E-state index is 0.0535. The lowest BCUT2D eigenvalue weighted by atomic mass is 10.1. The van der Waals surface area contributed by atoms with Crippen molar-refractivity contribution in [3.8, 4) is 0 Å². The normalized spacial score (nSPS) is 14.6. The number of anilines is 1. The molecule has 10 heteroatoms. The molecular formula is C17H18N4O5S. The smallest absolute Gasteiger partial charge is 0.342 e. The number of aryl methyl sites for hydroxylation is 1. The highest BCUT2D eigenvalue weighted by Crippen LogP contribution is 2.33. The van der Waals surface area contributed by atoms with Crippen molar-refractivity contribution in [3.63, 3.8) is 0 Å². The van der Waals surface area contributed by atoms with Crippen molar-refractivity contribution < 1.29 is 19.2 Å². The first-order valence-corrected chi connectivity index (χ1v) is 9.28. The Morgan fingerprint density at radius 3 is 2.74 bits per heavy atom. The average molecular weight is 390 g/mol. The van der Waals surface area contributed by atoms with Crippen molar-refractivity contribution in [1.29, 1.82) is 0 Å². The first-order chi connectivity index (χ1) is 13.0. The van der Waals surface area contributed by atoms with Gasteiger partial charge in [0.15, 0.2) is 0 Å². The quantitative estimate of drug-likeness (QED) is 0.328. The van der Waals surface area contributed by atoms with E-state index in [4.69, 9.17) is 4.42 Å². The number of nitro groups is 1. The molecule has 1 fully saturated rings. The van der Waals surface area contributed by atoms with Gasteiger partial charge >= 0.3 is 5.97 Å². The van der Waals surface area contributed by atoms with Crippen LogP contribution in [0.5, 0.6) is 0 Å². The lowest BCUT2D eigenvalue weighted by molar-refractivity contribution is -0.384. The van der Waals surface area contributed by atoms with E-state index in [1.54, 1.807) is 6.07 Å². The van der Waals surface area contributed by atoms with Crippen molar-refractivity contribution in [1.82, 2.24) is 10.2 Å². The third-order valence-electron chi connectivity index (χ3n) is 4.11. The number of aromatic nitrogens is 2. The summed E-state index contributed by atoms with van der Waals surface area (Å²) >= 11 is 0.826. The minimum atomic E-state index is -1.17. The highest BCUT2D eigenvalue weighted by atomic mass is 32.2. The Hall–Kier alpha value is -2.88. The summed E-state index contributed by atoms with van der Waals surface area (Å²) in [5.41, 5.74) is 1.16. The zero-order valence-electron chi connectivity index (χ0n) is 14.6. The summed E-state index contributed by atoms with van der Waals surface area (Å²) in [7, 11) is 0. The van der Waals surface area contributed by atoms with Crippen LogP contribution in [0.3, 0.4) is 0 Å². The highest BCUT2D eigenvalue weighted by Gasteiger charge is 2.20. The maximum atomic E-state index is 11.7. The van der Waals surface area contributed by atoms with Gasteiger partial charge in [0.05, 0.1) is 4.92 Å². The minimum Gasteiger partial charge on any atom is -0.477 e. The number of carbonyl (C=O) groups is 1. The Kier molecular flexibility index (Phi) is 5.75. The largest absolute Gasteiger partial charge is 0.477 e. The molecule has 0 atom stereocenters. The van der Waals surface area contributed by atoms with Crippen molar-refractivity contribution in [2.75, 3.05) is 18.0 Å². The number of benzene rings is 1. The van der Waals surface area contributed by atoms with Crippen LogP contribution in [0.1, 0.15) is 31.2 Å². The van der Waals surface area contributed by atoms with E-state index in [1.165, 1.54) is 18.2 Å². The van der Waals surface area contributed by atoms with E-state index < -0.39 is 10.9 Å². The lowest BCUT2D eigenvalue weighted by Gasteiger charge is -2.20. The van der Waals surface area contributed by atoms with Gasteiger partial charge in [-0.15, -0.1) is 10.2 Å². The van der Waals surface area contributed by atoms with Gasteiger partial charge in [0.2, 0.25) is 5.89 Å². The van der Waals surface area contributed by atoms with E-state index in [1.807, 2.05) is 6.92 Å². The molecule has 0 amide bonds. The van der Waals surface area contributed by atoms with Crippen molar-refractivity contribution in [2.45, 2.75) is 31.4 Å². The predicted molar refractivity (Wildman–Crippen MR) is 99.7 cm³/mol. The fourth-order valence-electron chi connectivity index (χ4n) is 2.81. The fraction of sp³-hybridized carbons (Fsp3) is 0.353. The Morgan fingerprint density at radius 2 is 2.15 bits per heavy atom. The molecule has 1 N–H and O–H groups in total. The molecule has 27 heavy (non-hydrogen) atoms. The molecule has 0 spiro atoms. The molecule has 1 aliphatic heterocycles. The second-order valence-electron chi connectivity index (χ2n) is 5.93. The van der Waals surface area contributed by atoms with E-state index in [9.17, 15) is 20.0 Å². The predicted octanol–water partition coefficient (Wildman–Crippen LogP) is 3.36. The summed E-state index contributed by atoms with van der Waals surface area (Å²) in [6.07, 6.45) is 4.03. The van der Waals surface area contributed by atoms with Gasteiger partial charge in [-0.05, 0) is 36.7 Å². The third-order valence-corrected chi connectivity index (χ3v) is 4.97. The molecule has 1 aromatic carbocycles. The Morgan fingerprint density at radius 1 is 1.41 bits per heavy atom. The number of aliphatic carboxylic acids is 1. The zero-order chi connectivity index (χ0) is 19.4. The molecule has 0 radical (unpaired) electrons. The summed E-state index contributed by atoms with van der Waals surface area (Å²) in [5, 5.41) is 28.5. The fourth-order valence-corrected chi connectivity index (χ4v) is 3.49. The Bertz CT molecular complexity index is 889. The summed E-state index contributed by atoms with van der Waals surface area (Å²) in [6.45, 7) is 3.51. The zero-order valence-corrected chi connectivity index (χ0v) is 15.4. The number of carboxylic acids is 1. The molecule has 0 bridgehead atoms. The molecule has 1 saturated heterocycles. The molecule has 0 aliphatic carbocycles. The van der Waals surface area contributed by atoms with E-state index in [2.05, 4.69) is 15.1 Å². The SMILES string of the molecule is CCc1nnc(S/C(=C/c2cc([N+](=O)[O-])ccc2N2CCCC2)C(=O)O)o1. The highest BCUT2D eigenvalue weighted by molar-refractivity contribution is 8.03. The third kappa shape index (κ3) is 4.45. The van der Waals surface area contributed by atoms with Crippen LogP contribution in [0.4, 0.5) is 11.4 Å². The van der Waals surface area contributed by atoms with Crippen LogP contribution in [-0.4, -0.2) is 39.3 Å². The molecule has 0 unspecified atom stereocenters. The first-order valence-electron chi connectivity index (χ1n) is 8.46. The van der Waals surface area contributed by atoms with Gasteiger partial charge in [0.1, 0.15) is 4.91 Å². The summed E-state index contributed by atoms with van der Waals surface area (Å²) < 4.78 is 5.36. The number of hydrogen-bond acceptors (Lipinski definition) is 8. The average Bonchev–Trinajstić information content (AvgIpc) is 3.32. The van der Waals surface area contributed by atoms with Crippen LogP contribution >= 0.6 is 11.8 Å². The van der Waals surface area contributed by atoms with E-state index in [-0.39, 0.29) is 15.8 Å². The van der Waals surface area contributed by atoms with E-state index in [0.29, 0.717) is 17.9 Å². The van der Waals surface area contributed by atoms with Crippen molar-refractivity contribution in [3.05, 3.63) is 44.7 Å². The summed E-state index contributed by atoms with van der Waals surface area (Å²) in [6, 6.07) is 4.49. The maximum absolute atomic E-state index is 11.7. The van der Waals surface area contributed by atoms with Crippen LogP contribution in [0.15, 0.2) is 32.7 Å². The molecule has 9 nitrogen and oxygen atoms in total.